The van der Waals surface area contributed by atoms with Gasteiger partial charge in [-0.15, -0.1) is 0 Å². The number of likely N-dealkylation sites (tertiary alicyclic amines) is 1. The molecule has 0 saturated carbocycles. The van der Waals surface area contributed by atoms with E-state index in [1.54, 1.807) is 11.8 Å². The van der Waals surface area contributed by atoms with E-state index in [-0.39, 0.29) is 5.91 Å². The zero-order chi connectivity index (χ0) is 14.1. The summed E-state index contributed by atoms with van der Waals surface area (Å²) in [6.45, 7) is 2.20. The Morgan fingerprint density at radius 2 is 1.89 bits per heavy atom. The van der Waals surface area contributed by atoms with Crippen molar-refractivity contribution in [3.05, 3.63) is 0 Å². The number of carbonyl (C=O) groups excluding carboxylic acids is 1. The van der Waals surface area contributed by atoms with E-state index < -0.39 is 12.0 Å². The van der Waals surface area contributed by atoms with Gasteiger partial charge in [-0.2, -0.15) is 11.8 Å². The molecule has 0 unspecified atom stereocenters. The first-order valence-electron chi connectivity index (χ1n) is 6.87. The van der Waals surface area contributed by atoms with Gasteiger partial charge in [-0.3, -0.25) is 9.69 Å². The fraction of sp³-hybridized carbons (Fsp3) is 0.846. The van der Waals surface area contributed by atoms with Gasteiger partial charge in [-0.25, -0.2) is 4.79 Å². The second kappa shape index (κ2) is 9.20. The van der Waals surface area contributed by atoms with Crippen molar-refractivity contribution in [1.82, 2.24) is 10.2 Å². The Kier molecular flexibility index (Phi) is 7.90. The van der Waals surface area contributed by atoms with Crippen LogP contribution in [0.5, 0.6) is 0 Å². The summed E-state index contributed by atoms with van der Waals surface area (Å²) in [5.41, 5.74) is 0. The summed E-state index contributed by atoms with van der Waals surface area (Å²) in [5.74, 6) is -0.380. The van der Waals surface area contributed by atoms with E-state index in [9.17, 15) is 9.59 Å². The molecule has 0 aliphatic carbocycles. The van der Waals surface area contributed by atoms with Gasteiger partial charge in [0.15, 0.2) is 0 Å². The van der Waals surface area contributed by atoms with Gasteiger partial charge in [-0.05, 0) is 44.4 Å². The average Bonchev–Trinajstić information content (AvgIpc) is 2.62. The van der Waals surface area contributed by atoms with Crippen LogP contribution in [0.4, 0.5) is 0 Å². The van der Waals surface area contributed by atoms with Crippen LogP contribution in [-0.4, -0.2) is 59.6 Å². The van der Waals surface area contributed by atoms with Gasteiger partial charge in [0.25, 0.3) is 0 Å². The largest absolute Gasteiger partial charge is 0.480 e. The Labute approximate surface area is 119 Å². The fourth-order valence-electron chi connectivity index (χ4n) is 2.23. The normalized spacial score (nSPS) is 18.6. The number of carbonyl (C=O) groups is 2. The lowest BCUT2D eigenvalue weighted by Crippen LogP contribution is -2.46. The third-order valence-electron chi connectivity index (χ3n) is 3.31. The summed E-state index contributed by atoms with van der Waals surface area (Å²) in [6, 6.07) is -0.757. The second-order valence-corrected chi connectivity index (χ2v) is 5.92. The molecule has 1 heterocycles. The molecule has 0 radical (unpaired) electrons. The van der Waals surface area contributed by atoms with Crippen molar-refractivity contribution >= 4 is 23.6 Å². The third kappa shape index (κ3) is 6.82. The topological polar surface area (TPSA) is 69.6 Å². The van der Waals surface area contributed by atoms with Gasteiger partial charge in [0.1, 0.15) is 6.04 Å². The van der Waals surface area contributed by atoms with E-state index >= 15 is 0 Å². The van der Waals surface area contributed by atoms with E-state index in [0.29, 0.717) is 13.0 Å². The Bertz CT molecular complexity index is 292. The number of hydrogen-bond acceptors (Lipinski definition) is 4. The fourth-order valence-corrected chi connectivity index (χ4v) is 2.70. The van der Waals surface area contributed by atoms with E-state index in [1.165, 1.54) is 12.8 Å². The molecule has 19 heavy (non-hydrogen) atoms. The van der Waals surface area contributed by atoms with Crippen molar-refractivity contribution in [3.63, 3.8) is 0 Å². The van der Waals surface area contributed by atoms with Gasteiger partial charge in [0.2, 0.25) is 5.91 Å². The zero-order valence-corrected chi connectivity index (χ0v) is 12.4. The van der Waals surface area contributed by atoms with Crippen molar-refractivity contribution in [2.75, 3.05) is 31.6 Å². The molecular weight excluding hydrogens is 264 g/mol. The lowest BCUT2D eigenvalue weighted by atomic mass is 10.2. The number of carboxylic acids is 1. The maximum Gasteiger partial charge on any atom is 0.326 e. The highest BCUT2D eigenvalue weighted by Gasteiger charge is 2.21. The van der Waals surface area contributed by atoms with Crippen LogP contribution in [0, 0.1) is 0 Å². The molecule has 1 fully saturated rings. The summed E-state index contributed by atoms with van der Waals surface area (Å²) in [5, 5.41) is 11.7. The van der Waals surface area contributed by atoms with Gasteiger partial charge in [-0.1, -0.05) is 12.8 Å². The van der Waals surface area contributed by atoms with Crippen molar-refractivity contribution in [3.8, 4) is 0 Å². The molecule has 5 nitrogen and oxygen atoms in total. The predicted molar refractivity (Wildman–Crippen MR) is 77.5 cm³/mol. The number of thioether (sulfide) groups is 1. The average molecular weight is 288 g/mol. The molecule has 1 rings (SSSR count). The van der Waals surface area contributed by atoms with Gasteiger partial charge >= 0.3 is 5.97 Å². The molecule has 0 bridgehead atoms. The number of carboxylic acid groups (broad SMARTS) is 1. The van der Waals surface area contributed by atoms with Crippen LogP contribution in [0.3, 0.4) is 0 Å². The molecule has 1 aliphatic rings. The monoisotopic (exact) mass is 288 g/mol. The van der Waals surface area contributed by atoms with Crippen molar-refractivity contribution in [2.45, 2.75) is 38.1 Å². The van der Waals surface area contributed by atoms with Crippen LogP contribution in [0.25, 0.3) is 0 Å². The number of aliphatic carboxylic acids is 1. The maximum atomic E-state index is 11.9. The van der Waals surface area contributed by atoms with Gasteiger partial charge in [0.05, 0.1) is 6.54 Å². The van der Waals surface area contributed by atoms with Gasteiger partial charge < -0.3 is 10.4 Å². The first-order valence-corrected chi connectivity index (χ1v) is 8.26. The molecule has 1 atom stereocenters. The van der Waals surface area contributed by atoms with Crippen molar-refractivity contribution in [2.24, 2.45) is 0 Å². The third-order valence-corrected chi connectivity index (χ3v) is 3.95. The molecule has 0 aromatic rings. The van der Waals surface area contributed by atoms with Crippen molar-refractivity contribution < 1.29 is 14.7 Å². The molecule has 1 amide bonds. The molecule has 0 spiro atoms. The minimum absolute atomic E-state index is 0.171. The van der Waals surface area contributed by atoms with Crippen LogP contribution >= 0.6 is 11.8 Å². The molecule has 6 heteroatoms. The zero-order valence-electron chi connectivity index (χ0n) is 11.6. The molecule has 0 aromatic heterocycles. The number of nitrogens with zero attached hydrogens (tertiary/aromatic N) is 1. The Morgan fingerprint density at radius 1 is 1.26 bits per heavy atom. The Morgan fingerprint density at radius 3 is 2.42 bits per heavy atom. The Balaban J connectivity index is 2.36. The smallest absolute Gasteiger partial charge is 0.326 e. The minimum Gasteiger partial charge on any atom is -0.480 e. The quantitative estimate of drug-likeness (QED) is 0.736. The number of rotatable bonds is 7. The molecule has 110 valence electrons. The van der Waals surface area contributed by atoms with Crippen LogP contribution in [0.1, 0.15) is 32.1 Å². The summed E-state index contributed by atoms with van der Waals surface area (Å²) >= 11 is 1.59. The molecule has 0 aromatic carbocycles. The molecule has 1 saturated heterocycles. The summed E-state index contributed by atoms with van der Waals surface area (Å²) < 4.78 is 0. The number of nitrogens with one attached hydrogen (secondary N) is 1. The highest BCUT2D eigenvalue weighted by molar-refractivity contribution is 7.98. The van der Waals surface area contributed by atoms with Crippen LogP contribution < -0.4 is 5.32 Å². The molecule has 2 N–H and O–H groups in total. The van der Waals surface area contributed by atoms with E-state index in [1.807, 2.05) is 6.26 Å². The number of amides is 1. The summed E-state index contributed by atoms with van der Waals surface area (Å²) in [4.78, 5) is 25.0. The number of hydrogen-bond donors (Lipinski definition) is 2. The van der Waals surface area contributed by atoms with Crippen LogP contribution in [0.15, 0.2) is 0 Å². The van der Waals surface area contributed by atoms with Crippen LogP contribution in [-0.2, 0) is 9.59 Å². The second-order valence-electron chi connectivity index (χ2n) is 4.93. The minimum atomic E-state index is -0.946. The predicted octanol–water partition coefficient (Wildman–Crippen LogP) is 1.18. The van der Waals surface area contributed by atoms with E-state index in [0.717, 1.165) is 31.7 Å². The Hall–Kier alpha value is -0.750. The maximum absolute atomic E-state index is 11.9. The SMILES string of the molecule is CSCC[C@@H](NC(=O)CN1CCCCCC1)C(=O)O. The van der Waals surface area contributed by atoms with Gasteiger partial charge in [0, 0.05) is 0 Å². The lowest BCUT2D eigenvalue weighted by Gasteiger charge is -2.21. The summed E-state index contributed by atoms with van der Waals surface area (Å²) in [7, 11) is 0. The highest BCUT2D eigenvalue weighted by atomic mass is 32.2. The summed E-state index contributed by atoms with van der Waals surface area (Å²) in [6.07, 6.45) is 7.11. The first-order chi connectivity index (χ1) is 9.13. The van der Waals surface area contributed by atoms with Crippen molar-refractivity contribution in [1.29, 1.82) is 0 Å². The van der Waals surface area contributed by atoms with E-state index in [2.05, 4.69) is 10.2 Å². The molecule has 1 aliphatic heterocycles. The standard InChI is InChI=1S/C13H24N2O3S/c1-19-9-6-11(13(17)18)14-12(16)10-15-7-4-2-3-5-8-15/h11H,2-10H2,1H3,(H,14,16)(H,17,18)/t11-/m1/s1. The highest BCUT2D eigenvalue weighted by Crippen LogP contribution is 2.09. The lowest BCUT2D eigenvalue weighted by molar-refractivity contribution is -0.142. The molecular formula is C13H24N2O3S. The van der Waals surface area contributed by atoms with E-state index in [4.69, 9.17) is 5.11 Å². The van der Waals surface area contributed by atoms with Crippen LogP contribution in [0.2, 0.25) is 0 Å². The first kappa shape index (κ1) is 16.3.